The second-order valence-electron chi connectivity index (χ2n) is 10.8. The van der Waals surface area contributed by atoms with Crippen molar-refractivity contribution in [3.63, 3.8) is 0 Å². The van der Waals surface area contributed by atoms with Crippen molar-refractivity contribution in [1.82, 2.24) is 15.3 Å². The molecule has 0 bridgehead atoms. The minimum Gasteiger partial charge on any atom is -0.356 e. The van der Waals surface area contributed by atoms with E-state index in [0.29, 0.717) is 39.6 Å². The first-order valence-corrected chi connectivity index (χ1v) is 15.4. The number of rotatable bonds is 7. The summed E-state index contributed by atoms with van der Waals surface area (Å²) in [7, 11) is -4.45. The Hall–Kier alpha value is -3.70. The maximum absolute atomic E-state index is 15.9. The van der Waals surface area contributed by atoms with E-state index in [4.69, 9.17) is 21.4 Å². The molecule has 1 fully saturated rings. The Morgan fingerprint density at radius 1 is 1.14 bits per heavy atom. The summed E-state index contributed by atoms with van der Waals surface area (Å²) in [5, 5.41) is 3.35. The number of carbonyl (C=O) groups is 1. The average molecular weight is 616 g/mol. The summed E-state index contributed by atoms with van der Waals surface area (Å²) >= 11 is 5.94. The number of aromatic nitrogens is 2. The van der Waals surface area contributed by atoms with E-state index in [-0.39, 0.29) is 17.1 Å². The van der Waals surface area contributed by atoms with Crippen LogP contribution in [0.2, 0.25) is 5.02 Å². The van der Waals surface area contributed by atoms with E-state index in [1.807, 2.05) is 12.1 Å². The highest BCUT2D eigenvalue weighted by Gasteiger charge is 2.25. The third-order valence-corrected chi connectivity index (χ3v) is 8.92. The van der Waals surface area contributed by atoms with Crippen LogP contribution in [0.4, 0.5) is 19.0 Å². The Morgan fingerprint density at radius 3 is 2.60 bits per heavy atom. The van der Waals surface area contributed by atoms with Gasteiger partial charge in [0.25, 0.3) is 5.91 Å². The normalized spacial score (nSPS) is 18.7. The van der Waals surface area contributed by atoms with Gasteiger partial charge in [-0.25, -0.2) is 18.4 Å². The van der Waals surface area contributed by atoms with Gasteiger partial charge in [0, 0.05) is 46.2 Å². The molecule has 2 N–H and O–H groups in total. The van der Waals surface area contributed by atoms with E-state index < -0.39 is 32.1 Å². The van der Waals surface area contributed by atoms with Crippen molar-refractivity contribution in [2.24, 2.45) is 11.8 Å². The number of nitrogens with zero attached hydrogens (tertiary/aromatic N) is 3. The standard InChI is InChI=1S/C30H29ClF3N5O2S/c1-17-8-18(2)16-39(15-17)27-5-3-4-26(38-27)24-7-6-19-13-36-22(12-25(19)28(24)32)14-37-29(40)20-9-21(31)11-23(10-20)42(35,41)30(33)34/h3-7,9-13,17-18,30,35H,8,14-16H2,1-2H3,(H,37,40)/t17-,18+,42-/m1/s1. The molecule has 3 atom stereocenters. The van der Waals surface area contributed by atoms with Gasteiger partial charge >= 0.3 is 5.76 Å². The van der Waals surface area contributed by atoms with Crippen LogP contribution in [-0.4, -0.2) is 38.9 Å². The lowest BCUT2D eigenvalue weighted by Gasteiger charge is -2.36. The SMILES string of the molecule is C[C@@H]1C[C@H](C)CN(c2cccc(-c3ccc4cnc(CNC(=O)c5cc(Cl)cc([S@@](=N)(=O)C(F)F)c5)cc4c3F)n2)C1. The number of amides is 1. The predicted octanol–water partition coefficient (Wildman–Crippen LogP) is 7.13. The first-order valence-electron chi connectivity index (χ1n) is 13.4. The van der Waals surface area contributed by atoms with Crippen LogP contribution in [0.25, 0.3) is 22.0 Å². The molecule has 2 aromatic heterocycles. The lowest BCUT2D eigenvalue weighted by atomic mass is 9.92. The van der Waals surface area contributed by atoms with Gasteiger partial charge in [-0.15, -0.1) is 0 Å². The molecule has 0 aliphatic carbocycles. The minimum atomic E-state index is -4.45. The molecule has 1 aliphatic rings. The van der Waals surface area contributed by atoms with Gasteiger partial charge < -0.3 is 10.2 Å². The van der Waals surface area contributed by atoms with E-state index in [0.717, 1.165) is 37.5 Å². The molecular formula is C30H29ClF3N5O2S. The predicted molar refractivity (Wildman–Crippen MR) is 158 cm³/mol. The molecule has 0 unspecified atom stereocenters. The Labute approximate surface area is 247 Å². The summed E-state index contributed by atoms with van der Waals surface area (Å²) in [5.74, 6) is -2.72. The molecule has 220 valence electrons. The van der Waals surface area contributed by atoms with Crippen LogP contribution in [-0.2, 0) is 16.3 Å². The molecule has 0 radical (unpaired) electrons. The fourth-order valence-corrected chi connectivity index (χ4v) is 6.47. The molecule has 4 aromatic rings. The van der Waals surface area contributed by atoms with Crippen LogP contribution in [0.15, 0.2) is 65.7 Å². The molecule has 12 heteroatoms. The van der Waals surface area contributed by atoms with Crippen molar-refractivity contribution in [2.45, 2.75) is 37.5 Å². The van der Waals surface area contributed by atoms with Gasteiger partial charge in [0.05, 0.1) is 22.8 Å². The summed E-state index contributed by atoms with van der Waals surface area (Å²) in [5.41, 5.74) is 1.06. The van der Waals surface area contributed by atoms with Crippen molar-refractivity contribution in [3.8, 4) is 11.3 Å². The molecule has 42 heavy (non-hydrogen) atoms. The zero-order valence-electron chi connectivity index (χ0n) is 22.9. The van der Waals surface area contributed by atoms with Crippen LogP contribution < -0.4 is 10.2 Å². The van der Waals surface area contributed by atoms with Crippen LogP contribution in [0.3, 0.4) is 0 Å². The van der Waals surface area contributed by atoms with Gasteiger partial charge in [-0.05, 0) is 60.7 Å². The first-order chi connectivity index (χ1) is 19.9. The molecule has 3 heterocycles. The first kappa shape index (κ1) is 29.8. The van der Waals surface area contributed by atoms with E-state index in [9.17, 15) is 17.8 Å². The highest BCUT2D eigenvalue weighted by Crippen LogP contribution is 2.31. The number of anilines is 1. The summed E-state index contributed by atoms with van der Waals surface area (Å²) in [6.45, 7) is 6.13. The van der Waals surface area contributed by atoms with Crippen LogP contribution in [0, 0.1) is 22.4 Å². The second kappa shape index (κ2) is 11.9. The number of fused-ring (bicyclic) bond motifs is 1. The topological polar surface area (TPSA) is 99.0 Å². The van der Waals surface area contributed by atoms with E-state index in [2.05, 4.69) is 29.0 Å². The van der Waals surface area contributed by atoms with Gasteiger partial charge in [-0.1, -0.05) is 37.6 Å². The average Bonchev–Trinajstić information content (AvgIpc) is 2.95. The molecule has 0 saturated carbocycles. The summed E-state index contributed by atoms with van der Waals surface area (Å²) < 4.78 is 61.7. The minimum absolute atomic E-state index is 0.107. The summed E-state index contributed by atoms with van der Waals surface area (Å²) in [6, 6.07) is 13.7. The lowest BCUT2D eigenvalue weighted by Crippen LogP contribution is -2.39. The Morgan fingerprint density at radius 2 is 1.88 bits per heavy atom. The monoisotopic (exact) mass is 615 g/mol. The van der Waals surface area contributed by atoms with Crippen LogP contribution >= 0.6 is 11.6 Å². The molecular weight excluding hydrogens is 587 g/mol. The number of pyridine rings is 2. The smallest absolute Gasteiger partial charge is 0.323 e. The van der Waals surface area contributed by atoms with Gasteiger partial charge in [-0.3, -0.25) is 9.78 Å². The maximum atomic E-state index is 15.9. The molecule has 5 rings (SSSR count). The third kappa shape index (κ3) is 6.22. The number of alkyl halides is 2. The largest absolute Gasteiger partial charge is 0.356 e. The van der Waals surface area contributed by atoms with Crippen molar-refractivity contribution in [1.29, 1.82) is 4.78 Å². The van der Waals surface area contributed by atoms with Crippen molar-refractivity contribution >= 4 is 43.8 Å². The Balaban J connectivity index is 1.38. The molecule has 0 spiro atoms. The van der Waals surface area contributed by atoms with Crippen molar-refractivity contribution in [3.05, 3.63) is 82.9 Å². The molecule has 1 aliphatic heterocycles. The molecule has 1 amide bonds. The Kier molecular flexibility index (Phi) is 8.43. The number of piperidine rings is 1. The fraction of sp³-hybridized carbons (Fsp3) is 0.300. The number of benzene rings is 2. The molecule has 7 nitrogen and oxygen atoms in total. The second-order valence-corrected chi connectivity index (χ2v) is 13.2. The van der Waals surface area contributed by atoms with E-state index >= 15 is 4.39 Å². The number of hydrogen-bond donors (Lipinski definition) is 2. The van der Waals surface area contributed by atoms with Crippen molar-refractivity contribution < 1.29 is 22.2 Å². The number of nitrogens with one attached hydrogen (secondary N) is 2. The highest BCUT2D eigenvalue weighted by molar-refractivity contribution is 7.92. The summed E-state index contributed by atoms with van der Waals surface area (Å²) in [6.07, 6.45) is 2.66. The van der Waals surface area contributed by atoms with Crippen LogP contribution in [0.1, 0.15) is 36.3 Å². The highest BCUT2D eigenvalue weighted by atomic mass is 35.5. The number of hydrogen-bond acceptors (Lipinski definition) is 6. The lowest BCUT2D eigenvalue weighted by molar-refractivity contribution is 0.0950. The third-order valence-electron chi connectivity index (χ3n) is 7.26. The van der Waals surface area contributed by atoms with Gasteiger partial charge in [0.15, 0.2) is 0 Å². The van der Waals surface area contributed by atoms with Gasteiger partial charge in [0.1, 0.15) is 21.4 Å². The zero-order valence-corrected chi connectivity index (χ0v) is 24.5. The quantitative estimate of drug-likeness (QED) is 0.230. The van der Waals surface area contributed by atoms with Crippen molar-refractivity contribution in [2.75, 3.05) is 18.0 Å². The maximum Gasteiger partial charge on any atom is 0.323 e. The van der Waals surface area contributed by atoms with Gasteiger partial charge in [-0.2, -0.15) is 8.78 Å². The zero-order chi connectivity index (χ0) is 30.2. The fourth-order valence-electron chi connectivity index (χ4n) is 5.36. The number of halogens is 4. The number of carbonyl (C=O) groups excluding carboxylic acids is 1. The van der Waals surface area contributed by atoms with Gasteiger partial charge in [0.2, 0.25) is 0 Å². The summed E-state index contributed by atoms with van der Waals surface area (Å²) in [4.78, 5) is 23.5. The molecule has 1 saturated heterocycles. The molecule has 2 aromatic carbocycles. The Bertz CT molecular complexity index is 1760. The van der Waals surface area contributed by atoms with E-state index in [1.165, 1.54) is 18.3 Å². The van der Waals surface area contributed by atoms with Crippen LogP contribution in [0.5, 0.6) is 0 Å². The van der Waals surface area contributed by atoms with E-state index in [1.54, 1.807) is 18.2 Å².